The lowest BCUT2D eigenvalue weighted by Gasteiger charge is -2.31. The van der Waals surface area contributed by atoms with Crippen LogP contribution in [0.15, 0.2) is 0 Å². The van der Waals surface area contributed by atoms with E-state index in [9.17, 15) is 0 Å². The van der Waals surface area contributed by atoms with Crippen LogP contribution in [0.1, 0.15) is 12.8 Å². The molecule has 0 radical (unpaired) electrons. The fourth-order valence-corrected chi connectivity index (χ4v) is 1.76. The van der Waals surface area contributed by atoms with Crippen molar-refractivity contribution in [3.05, 3.63) is 0 Å². The molecule has 0 N–H and O–H groups in total. The molecule has 3 heteroatoms. The Hall–Kier alpha value is 0.270. The fourth-order valence-electron chi connectivity index (χ4n) is 1.59. The van der Waals surface area contributed by atoms with Gasteiger partial charge in [0.05, 0.1) is 0 Å². The van der Waals surface area contributed by atoms with Crippen molar-refractivity contribution in [1.82, 2.24) is 9.21 Å². The van der Waals surface area contributed by atoms with Crippen molar-refractivity contribution < 1.29 is 0 Å². The molecule has 0 aromatic rings. The highest BCUT2D eigenvalue weighted by molar-refractivity contribution is 7.77. The van der Waals surface area contributed by atoms with Crippen LogP contribution in [0.4, 0.5) is 0 Å². The van der Waals surface area contributed by atoms with Gasteiger partial charge in [-0.25, -0.2) is 0 Å². The second-order valence-corrected chi connectivity index (χ2v) is 4.26. The van der Waals surface area contributed by atoms with Crippen LogP contribution in [-0.4, -0.2) is 41.9 Å². The van der Waals surface area contributed by atoms with Gasteiger partial charge in [-0.15, -0.1) is 0 Å². The van der Waals surface area contributed by atoms with Crippen LogP contribution >= 0.6 is 12.8 Å². The predicted molar refractivity (Wildman–Crippen MR) is 49.7 cm³/mol. The molecule has 1 aliphatic heterocycles. The summed E-state index contributed by atoms with van der Waals surface area (Å²) in [7, 11) is 0. The second kappa shape index (κ2) is 3.33. The van der Waals surface area contributed by atoms with Gasteiger partial charge in [-0.2, -0.15) is 0 Å². The maximum Gasteiger partial charge on any atom is 0.0215 e. The average Bonchev–Trinajstić information content (AvgIpc) is 2.78. The van der Waals surface area contributed by atoms with E-state index in [1.165, 1.54) is 32.5 Å². The molecule has 2 fully saturated rings. The molecule has 1 saturated heterocycles. The fraction of sp³-hybridized carbons (Fsp3) is 1.00. The Kier molecular flexibility index (Phi) is 2.39. The van der Waals surface area contributed by atoms with Crippen LogP contribution in [0, 0.1) is 5.92 Å². The van der Waals surface area contributed by atoms with Gasteiger partial charge in [0.2, 0.25) is 0 Å². The molecule has 0 atom stereocenters. The summed E-state index contributed by atoms with van der Waals surface area (Å²) in [6, 6.07) is 0. The third kappa shape index (κ3) is 2.36. The van der Waals surface area contributed by atoms with Crippen LogP contribution in [0.5, 0.6) is 0 Å². The first kappa shape index (κ1) is 7.90. The minimum absolute atomic E-state index is 1.04. The number of rotatable bonds is 2. The predicted octanol–water partition coefficient (Wildman–Crippen LogP) is 0.859. The van der Waals surface area contributed by atoms with Gasteiger partial charge < -0.3 is 4.90 Å². The molecular formula is C8H16N2S. The lowest BCUT2D eigenvalue weighted by molar-refractivity contribution is 0.191. The third-order valence-corrected chi connectivity index (χ3v) is 2.96. The van der Waals surface area contributed by atoms with E-state index in [1.54, 1.807) is 0 Å². The van der Waals surface area contributed by atoms with Crippen LogP contribution in [-0.2, 0) is 0 Å². The summed E-state index contributed by atoms with van der Waals surface area (Å²) in [6.07, 6.45) is 2.95. The lowest BCUT2D eigenvalue weighted by atomic mass is 10.3. The molecule has 0 bridgehead atoms. The van der Waals surface area contributed by atoms with E-state index in [2.05, 4.69) is 22.0 Å². The quantitative estimate of drug-likeness (QED) is 0.617. The third-order valence-electron chi connectivity index (χ3n) is 2.56. The molecule has 0 aromatic carbocycles. The molecule has 11 heavy (non-hydrogen) atoms. The van der Waals surface area contributed by atoms with Crippen molar-refractivity contribution in [3.63, 3.8) is 0 Å². The minimum atomic E-state index is 1.04. The Morgan fingerprint density at radius 1 is 1.09 bits per heavy atom. The van der Waals surface area contributed by atoms with Crippen LogP contribution in [0.3, 0.4) is 0 Å². The largest absolute Gasteiger partial charge is 0.300 e. The molecule has 0 aromatic heterocycles. The Morgan fingerprint density at radius 2 is 1.73 bits per heavy atom. The number of hydrogen-bond donors (Lipinski definition) is 1. The Labute approximate surface area is 74.1 Å². The highest BCUT2D eigenvalue weighted by Crippen LogP contribution is 2.29. The van der Waals surface area contributed by atoms with Crippen molar-refractivity contribution >= 4 is 12.8 Å². The van der Waals surface area contributed by atoms with E-state index in [0.717, 1.165) is 19.0 Å². The number of hydrogen-bond acceptors (Lipinski definition) is 3. The summed E-state index contributed by atoms with van der Waals surface area (Å²) < 4.78 is 2.11. The van der Waals surface area contributed by atoms with E-state index in [-0.39, 0.29) is 0 Å². The lowest BCUT2D eigenvalue weighted by Crippen LogP contribution is -2.43. The average molecular weight is 172 g/mol. The standard InChI is InChI=1S/C8H16N2S/c11-10-5-3-9(4-6-10)7-8-1-2-8/h8,11H,1-7H2. The van der Waals surface area contributed by atoms with Crippen molar-refractivity contribution in [2.45, 2.75) is 12.8 Å². The zero-order chi connectivity index (χ0) is 7.68. The van der Waals surface area contributed by atoms with E-state index >= 15 is 0 Å². The molecule has 0 unspecified atom stereocenters. The van der Waals surface area contributed by atoms with E-state index in [0.29, 0.717) is 0 Å². The Bertz CT molecular complexity index is 128. The SMILES string of the molecule is SN1CCN(CC2CC2)CC1. The van der Waals surface area contributed by atoms with Gasteiger partial charge in [0.1, 0.15) is 0 Å². The van der Waals surface area contributed by atoms with E-state index < -0.39 is 0 Å². The number of thiol groups is 1. The summed E-state index contributed by atoms with van der Waals surface area (Å²) in [4.78, 5) is 2.57. The van der Waals surface area contributed by atoms with Gasteiger partial charge in [0, 0.05) is 32.7 Å². The molecule has 2 aliphatic rings. The highest BCUT2D eigenvalue weighted by Gasteiger charge is 2.25. The minimum Gasteiger partial charge on any atom is -0.300 e. The van der Waals surface area contributed by atoms with Crippen LogP contribution in [0.25, 0.3) is 0 Å². The number of nitrogens with zero attached hydrogens (tertiary/aromatic N) is 2. The molecular weight excluding hydrogens is 156 g/mol. The summed E-state index contributed by atoms with van der Waals surface area (Å²) in [6.45, 7) is 6.06. The van der Waals surface area contributed by atoms with Gasteiger partial charge in [-0.1, -0.05) is 12.8 Å². The highest BCUT2D eigenvalue weighted by atomic mass is 32.1. The Balaban J connectivity index is 1.69. The maximum absolute atomic E-state index is 4.31. The van der Waals surface area contributed by atoms with Crippen molar-refractivity contribution in [1.29, 1.82) is 0 Å². The zero-order valence-electron chi connectivity index (χ0n) is 6.87. The molecule has 1 saturated carbocycles. The number of piperazine rings is 1. The summed E-state index contributed by atoms with van der Waals surface area (Å²) in [5.74, 6) is 1.04. The van der Waals surface area contributed by atoms with Crippen molar-refractivity contribution in [3.8, 4) is 0 Å². The molecule has 0 amide bonds. The molecule has 0 spiro atoms. The molecule has 1 aliphatic carbocycles. The monoisotopic (exact) mass is 172 g/mol. The molecule has 1 heterocycles. The molecule has 2 rings (SSSR count). The molecule has 2 nitrogen and oxygen atoms in total. The van der Waals surface area contributed by atoms with Crippen molar-refractivity contribution in [2.75, 3.05) is 32.7 Å². The van der Waals surface area contributed by atoms with E-state index in [1.807, 2.05) is 0 Å². The smallest absolute Gasteiger partial charge is 0.0215 e. The van der Waals surface area contributed by atoms with Crippen molar-refractivity contribution in [2.24, 2.45) is 5.92 Å². The zero-order valence-corrected chi connectivity index (χ0v) is 7.76. The van der Waals surface area contributed by atoms with Gasteiger partial charge in [0.25, 0.3) is 0 Å². The topological polar surface area (TPSA) is 6.48 Å². The first-order valence-electron chi connectivity index (χ1n) is 4.51. The first-order valence-corrected chi connectivity index (χ1v) is 4.91. The first-order chi connectivity index (χ1) is 5.34. The normalized spacial score (nSPS) is 29.2. The molecule has 64 valence electrons. The van der Waals surface area contributed by atoms with E-state index in [4.69, 9.17) is 0 Å². The second-order valence-electron chi connectivity index (χ2n) is 3.70. The summed E-state index contributed by atoms with van der Waals surface area (Å²) in [5, 5.41) is 0. The maximum atomic E-state index is 4.31. The summed E-state index contributed by atoms with van der Waals surface area (Å²) >= 11 is 4.31. The van der Waals surface area contributed by atoms with Crippen LogP contribution in [0.2, 0.25) is 0 Å². The summed E-state index contributed by atoms with van der Waals surface area (Å²) in [5.41, 5.74) is 0. The Morgan fingerprint density at radius 3 is 2.27 bits per heavy atom. The van der Waals surface area contributed by atoms with Gasteiger partial charge in [-0.05, 0) is 18.8 Å². The van der Waals surface area contributed by atoms with Crippen LogP contribution < -0.4 is 0 Å². The van der Waals surface area contributed by atoms with Gasteiger partial charge >= 0.3 is 0 Å². The van der Waals surface area contributed by atoms with Gasteiger partial charge in [0.15, 0.2) is 0 Å². The van der Waals surface area contributed by atoms with Gasteiger partial charge in [-0.3, -0.25) is 4.31 Å².